The molecule has 55 heavy (non-hydrogen) atoms. The number of carbonyl (C=O) groups is 2. The molecule has 2 aliphatic heterocycles. The molecule has 23 heteroatoms. The Hall–Kier alpha value is -7.33. The molecule has 4 aromatic heterocycles. The third-order valence-corrected chi connectivity index (χ3v) is 7.61. The van der Waals surface area contributed by atoms with Crippen LogP contribution in [0, 0.1) is 5.82 Å². The molecule has 0 spiro atoms. The van der Waals surface area contributed by atoms with E-state index < -0.39 is 35.6 Å². The number of alkyl halides is 6. The van der Waals surface area contributed by atoms with Crippen LogP contribution >= 0.6 is 0 Å². The third-order valence-electron chi connectivity index (χ3n) is 7.61. The van der Waals surface area contributed by atoms with E-state index in [1.54, 1.807) is 18.5 Å². The molecule has 2 atom stereocenters. The van der Waals surface area contributed by atoms with Gasteiger partial charge in [0, 0.05) is 12.4 Å². The highest BCUT2D eigenvalue weighted by molar-refractivity contribution is 5.95. The van der Waals surface area contributed by atoms with Crippen molar-refractivity contribution in [1.82, 2.24) is 51.2 Å². The van der Waals surface area contributed by atoms with Gasteiger partial charge in [-0.25, -0.2) is 23.9 Å². The van der Waals surface area contributed by atoms with Crippen molar-refractivity contribution in [2.75, 3.05) is 0 Å². The van der Waals surface area contributed by atoms with Gasteiger partial charge in [-0.2, -0.15) is 36.3 Å². The Morgan fingerprint density at radius 3 is 1.44 bits per heavy atom. The van der Waals surface area contributed by atoms with Gasteiger partial charge in [0.05, 0.1) is 33.5 Å². The maximum Gasteiger partial charge on any atom is 0.490 e. The molecular weight excluding hydrogens is 749 g/mol. The number of aromatic nitrogens is 6. The van der Waals surface area contributed by atoms with Gasteiger partial charge in [-0.05, 0) is 54.6 Å². The summed E-state index contributed by atoms with van der Waals surface area (Å²) in [6, 6.07) is 23.4. The number of imidazole rings is 2. The number of hydrogen-bond acceptors (Lipinski definition) is 8. The van der Waals surface area contributed by atoms with E-state index in [2.05, 4.69) is 41.2 Å². The summed E-state index contributed by atoms with van der Waals surface area (Å²) in [5.41, 5.74) is 1.85. The number of nitrogens with one attached hydrogen (secondary N) is 6. The van der Waals surface area contributed by atoms with Crippen molar-refractivity contribution in [2.45, 2.75) is 23.7 Å². The van der Waals surface area contributed by atoms with E-state index in [0.29, 0.717) is 46.2 Å². The number of aliphatic imine (C=N–C) groups is 2. The van der Waals surface area contributed by atoms with Gasteiger partial charge in [0.1, 0.15) is 5.82 Å². The van der Waals surface area contributed by atoms with Gasteiger partial charge in [-0.15, -0.1) is 0 Å². The number of benzene rings is 2. The molecule has 8 rings (SSSR count). The average Bonchev–Trinajstić information content (AvgIpc) is 3.88. The average molecular weight is 773 g/mol. The molecule has 2 fully saturated rings. The molecule has 2 aliphatic rings. The lowest BCUT2D eigenvalue weighted by Gasteiger charge is -2.36. The first-order valence-corrected chi connectivity index (χ1v) is 15.3. The number of nitrogens with zero attached hydrogens (tertiary/aromatic N) is 6. The first-order chi connectivity index (χ1) is 26.0. The Balaban J connectivity index is 0.000000315. The quantitative estimate of drug-likeness (QED) is 0.117. The number of pyridine rings is 2. The smallest absolute Gasteiger partial charge is 0.475 e. The Labute approximate surface area is 301 Å². The minimum Gasteiger partial charge on any atom is -0.475 e. The SMILES string of the molecule is Fc1ccc2nc(N=C3NC4(c5ccccn5)NC(=Nc5nc6ccccc6[nH]5)NC4(c4ccccn4)N3)[nH]c2c1.O=C(O)C(F)(F)F.O=C(O)C(F)(F)F. The summed E-state index contributed by atoms with van der Waals surface area (Å²) in [5, 5.41) is 28.2. The first-order valence-electron chi connectivity index (χ1n) is 15.3. The standard InChI is InChI=1S/C28H21FN12.2C2HF3O2/c29-16-11-12-19-20(15-16)35-24(34-19)37-26-40-27(21-9-3-5-13-30-21)28(41-26,22-10-4-6-14-31-22)39-25(38-27)36-23-32-17-7-1-2-8-18(17)33-23;2*3-2(4,5)1(6)7/h1-15H,(H3,32,33,36,38,39)(H3,34,35,37,40,41);2*(H,6,7). The second-order valence-corrected chi connectivity index (χ2v) is 11.3. The summed E-state index contributed by atoms with van der Waals surface area (Å²) in [6.07, 6.45) is -6.73. The molecule has 2 aromatic carbocycles. The fraction of sp³-hybridized carbons (Fsp3) is 0.125. The van der Waals surface area contributed by atoms with Gasteiger partial charge in [0.15, 0.2) is 0 Å². The Morgan fingerprint density at radius 2 is 1.02 bits per heavy atom. The molecule has 8 N–H and O–H groups in total. The zero-order chi connectivity index (χ0) is 39.6. The van der Waals surface area contributed by atoms with Gasteiger partial charge in [0.25, 0.3) is 0 Å². The summed E-state index contributed by atoms with van der Waals surface area (Å²) in [6.45, 7) is 0. The number of rotatable bonds is 4. The van der Waals surface area contributed by atoms with Crippen LogP contribution in [-0.2, 0) is 20.9 Å². The minimum atomic E-state index is -5.08. The number of H-pyrrole nitrogens is 2. The van der Waals surface area contributed by atoms with Crippen molar-refractivity contribution in [2.24, 2.45) is 9.98 Å². The predicted molar refractivity (Wildman–Crippen MR) is 178 cm³/mol. The normalized spacial score (nSPS) is 18.7. The maximum atomic E-state index is 13.8. The van der Waals surface area contributed by atoms with Gasteiger partial charge in [-0.1, -0.05) is 24.3 Å². The topological polar surface area (TPSA) is 231 Å². The highest BCUT2D eigenvalue weighted by Gasteiger charge is 2.67. The van der Waals surface area contributed by atoms with Crippen molar-refractivity contribution in [3.63, 3.8) is 0 Å². The maximum absolute atomic E-state index is 13.8. The van der Waals surface area contributed by atoms with Gasteiger partial charge < -0.3 is 41.4 Å². The van der Waals surface area contributed by atoms with Crippen LogP contribution < -0.4 is 21.3 Å². The predicted octanol–water partition coefficient (Wildman–Crippen LogP) is 4.40. The van der Waals surface area contributed by atoms with E-state index in [-0.39, 0.29) is 5.82 Å². The lowest BCUT2D eigenvalue weighted by Crippen LogP contribution is -2.61. The van der Waals surface area contributed by atoms with E-state index in [1.807, 2.05) is 60.7 Å². The fourth-order valence-electron chi connectivity index (χ4n) is 5.36. The van der Waals surface area contributed by atoms with Crippen molar-refractivity contribution in [1.29, 1.82) is 0 Å². The number of carboxylic acids is 2. The molecular formula is C32H23F7N12O4. The minimum absolute atomic E-state index is 0.295. The number of guanidine groups is 2. The molecule has 6 aromatic rings. The Kier molecular flexibility index (Phi) is 9.69. The van der Waals surface area contributed by atoms with Crippen LogP contribution in [0.3, 0.4) is 0 Å². The van der Waals surface area contributed by atoms with Crippen molar-refractivity contribution in [3.05, 3.63) is 108 Å². The number of fused-ring (bicyclic) bond motifs is 3. The summed E-state index contributed by atoms with van der Waals surface area (Å²) < 4.78 is 77.3. The summed E-state index contributed by atoms with van der Waals surface area (Å²) in [7, 11) is 0. The molecule has 0 saturated carbocycles. The highest BCUT2D eigenvalue weighted by Crippen LogP contribution is 2.42. The number of para-hydroxylation sites is 2. The molecule has 0 amide bonds. The Morgan fingerprint density at radius 1 is 0.600 bits per heavy atom. The third kappa shape index (κ3) is 7.74. The van der Waals surface area contributed by atoms with Crippen LogP contribution in [0.15, 0.2) is 101 Å². The zero-order valence-corrected chi connectivity index (χ0v) is 27.2. The molecule has 0 aliphatic carbocycles. The number of aromatic amines is 2. The number of carboxylic acid groups (broad SMARTS) is 2. The lowest BCUT2D eigenvalue weighted by molar-refractivity contribution is -0.193. The van der Waals surface area contributed by atoms with E-state index in [0.717, 1.165) is 11.0 Å². The molecule has 0 bridgehead atoms. The van der Waals surface area contributed by atoms with Crippen LogP contribution in [0.2, 0.25) is 0 Å². The number of hydrogen-bond donors (Lipinski definition) is 8. The lowest BCUT2D eigenvalue weighted by atomic mass is 9.88. The van der Waals surface area contributed by atoms with Crippen LogP contribution in [0.4, 0.5) is 42.6 Å². The molecule has 2 unspecified atom stereocenters. The molecule has 6 heterocycles. The van der Waals surface area contributed by atoms with Crippen molar-refractivity contribution in [3.8, 4) is 0 Å². The summed E-state index contributed by atoms with van der Waals surface area (Å²) >= 11 is 0. The molecule has 284 valence electrons. The van der Waals surface area contributed by atoms with E-state index in [1.165, 1.54) is 12.1 Å². The van der Waals surface area contributed by atoms with Crippen molar-refractivity contribution >= 4 is 57.8 Å². The van der Waals surface area contributed by atoms with Crippen LogP contribution in [0.25, 0.3) is 22.1 Å². The van der Waals surface area contributed by atoms with Crippen molar-refractivity contribution < 1.29 is 50.5 Å². The molecule has 16 nitrogen and oxygen atoms in total. The monoisotopic (exact) mass is 772 g/mol. The largest absolute Gasteiger partial charge is 0.490 e. The number of aliphatic carboxylic acids is 2. The summed E-state index contributed by atoms with van der Waals surface area (Å²) in [5.74, 6) is -4.34. The first kappa shape index (κ1) is 37.4. The van der Waals surface area contributed by atoms with Gasteiger partial charge >= 0.3 is 24.3 Å². The number of halogens is 7. The highest BCUT2D eigenvalue weighted by atomic mass is 19.4. The second-order valence-electron chi connectivity index (χ2n) is 11.3. The summed E-state index contributed by atoms with van der Waals surface area (Å²) in [4.78, 5) is 52.0. The second kappa shape index (κ2) is 14.2. The van der Waals surface area contributed by atoms with Gasteiger partial charge in [0.2, 0.25) is 35.1 Å². The molecule has 0 radical (unpaired) electrons. The van der Waals surface area contributed by atoms with Gasteiger partial charge in [-0.3, -0.25) is 9.97 Å². The van der Waals surface area contributed by atoms with Crippen LogP contribution in [-0.4, -0.2) is 76.3 Å². The van der Waals surface area contributed by atoms with Crippen LogP contribution in [0.1, 0.15) is 11.4 Å². The van der Waals surface area contributed by atoms with E-state index in [9.17, 15) is 30.7 Å². The van der Waals surface area contributed by atoms with E-state index >= 15 is 0 Å². The molecule has 2 saturated heterocycles. The Bertz CT molecular complexity index is 2300. The van der Waals surface area contributed by atoms with Crippen LogP contribution in [0.5, 0.6) is 0 Å². The fourth-order valence-corrected chi connectivity index (χ4v) is 5.36. The zero-order valence-electron chi connectivity index (χ0n) is 27.2. The van der Waals surface area contributed by atoms with E-state index in [4.69, 9.17) is 39.8 Å².